The lowest BCUT2D eigenvalue weighted by atomic mass is 10.3. The lowest BCUT2D eigenvalue weighted by molar-refractivity contribution is -0.119. The van der Waals surface area contributed by atoms with Gasteiger partial charge in [-0.05, 0) is 6.07 Å². The lowest BCUT2D eigenvalue weighted by Crippen LogP contribution is -2.30. The van der Waals surface area contributed by atoms with Gasteiger partial charge in [0.25, 0.3) is 0 Å². The van der Waals surface area contributed by atoms with Crippen molar-refractivity contribution in [3.63, 3.8) is 0 Å². The molecule has 0 spiro atoms. The number of Topliss-reactive ketones (excluding diaryl/α,β-unsaturated/α-hetero) is 1. The molecule has 1 aromatic rings. The Balaban J connectivity index is 2.89. The third-order valence-electron chi connectivity index (χ3n) is 1.86. The molecule has 0 atom stereocenters. The van der Waals surface area contributed by atoms with Gasteiger partial charge in [-0.2, -0.15) is 13.2 Å². The summed E-state index contributed by atoms with van der Waals surface area (Å²) in [6.45, 7) is 0.264. The quantitative estimate of drug-likeness (QED) is 0.841. The number of rotatable bonds is 3. The Hall–Kier alpha value is -1.24. The maximum Gasteiger partial charge on any atom is 0.405 e. The van der Waals surface area contributed by atoms with Crippen LogP contribution in [0.3, 0.4) is 0 Å². The van der Waals surface area contributed by atoms with E-state index in [9.17, 15) is 18.0 Å². The summed E-state index contributed by atoms with van der Waals surface area (Å²) in [5, 5.41) is 0.333. The number of ketones is 1. The summed E-state index contributed by atoms with van der Waals surface area (Å²) < 4.78 is 36.4. The first-order valence-electron chi connectivity index (χ1n) is 4.39. The van der Waals surface area contributed by atoms with E-state index in [2.05, 4.69) is 0 Å². The van der Waals surface area contributed by atoms with Crippen molar-refractivity contribution < 1.29 is 18.0 Å². The zero-order valence-corrected chi connectivity index (χ0v) is 9.58. The SMILES string of the molecule is CC(=O)c1sc(N(C)CC(F)(F)F)cc1N. The highest BCUT2D eigenvalue weighted by atomic mass is 32.1. The molecule has 2 N–H and O–H groups in total. The average Bonchev–Trinajstić information content (AvgIpc) is 2.44. The van der Waals surface area contributed by atoms with E-state index < -0.39 is 12.7 Å². The summed E-state index contributed by atoms with van der Waals surface area (Å²) in [5.74, 6) is -0.242. The zero-order chi connectivity index (χ0) is 12.5. The molecule has 0 bridgehead atoms. The molecule has 0 saturated heterocycles. The maximum absolute atomic E-state index is 12.1. The van der Waals surface area contributed by atoms with Gasteiger partial charge >= 0.3 is 6.18 Å². The number of halogens is 3. The highest BCUT2D eigenvalue weighted by Crippen LogP contribution is 2.33. The van der Waals surface area contributed by atoms with Crippen LogP contribution in [0.4, 0.5) is 23.9 Å². The number of hydrogen-bond donors (Lipinski definition) is 1. The van der Waals surface area contributed by atoms with Crippen molar-refractivity contribution in [3.8, 4) is 0 Å². The van der Waals surface area contributed by atoms with Gasteiger partial charge in [-0.1, -0.05) is 0 Å². The summed E-state index contributed by atoms with van der Waals surface area (Å²) in [6, 6.07) is 1.38. The van der Waals surface area contributed by atoms with Gasteiger partial charge in [0.2, 0.25) is 0 Å². The van der Waals surface area contributed by atoms with Gasteiger partial charge in [-0.25, -0.2) is 0 Å². The zero-order valence-electron chi connectivity index (χ0n) is 8.76. The first-order chi connectivity index (χ1) is 7.20. The number of hydrogen-bond acceptors (Lipinski definition) is 4. The smallest absolute Gasteiger partial charge is 0.397 e. The molecule has 1 aromatic heterocycles. The minimum Gasteiger partial charge on any atom is -0.397 e. The number of nitrogens with zero attached hydrogens (tertiary/aromatic N) is 1. The van der Waals surface area contributed by atoms with Crippen LogP contribution in [-0.4, -0.2) is 25.6 Å². The minimum absolute atomic E-state index is 0.224. The molecule has 16 heavy (non-hydrogen) atoms. The van der Waals surface area contributed by atoms with Crippen molar-refractivity contribution in [2.45, 2.75) is 13.1 Å². The van der Waals surface area contributed by atoms with Crippen LogP contribution in [0, 0.1) is 0 Å². The van der Waals surface area contributed by atoms with Gasteiger partial charge in [-0.3, -0.25) is 4.79 Å². The summed E-state index contributed by atoms with van der Waals surface area (Å²) in [4.78, 5) is 12.4. The summed E-state index contributed by atoms with van der Waals surface area (Å²) in [6.07, 6.45) is -4.27. The minimum atomic E-state index is -4.27. The Morgan fingerprint density at radius 1 is 1.56 bits per heavy atom. The van der Waals surface area contributed by atoms with Gasteiger partial charge in [0.05, 0.1) is 15.6 Å². The van der Waals surface area contributed by atoms with E-state index in [1.54, 1.807) is 0 Å². The number of carbonyl (C=O) groups excluding carboxylic acids is 1. The summed E-state index contributed by atoms with van der Waals surface area (Å²) >= 11 is 0.968. The van der Waals surface area contributed by atoms with E-state index in [1.807, 2.05) is 0 Å². The van der Waals surface area contributed by atoms with Gasteiger partial charge in [0.15, 0.2) is 5.78 Å². The van der Waals surface area contributed by atoms with E-state index in [-0.39, 0.29) is 11.5 Å². The van der Waals surface area contributed by atoms with Gasteiger partial charge in [-0.15, -0.1) is 11.3 Å². The van der Waals surface area contributed by atoms with Crippen molar-refractivity contribution in [3.05, 3.63) is 10.9 Å². The topological polar surface area (TPSA) is 46.3 Å². The number of carbonyl (C=O) groups is 1. The van der Waals surface area contributed by atoms with Gasteiger partial charge in [0, 0.05) is 14.0 Å². The average molecular weight is 252 g/mol. The van der Waals surface area contributed by atoms with E-state index in [0.29, 0.717) is 9.88 Å². The van der Waals surface area contributed by atoms with E-state index in [1.165, 1.54) is 20.0 Å². The van der Waals surface area contributed by atoms with Crippen LogP contribution >= 0.6 is 11.3 Å². The molecular weight excluding hydrogens is 241 g/mol. The third-order valence-corrected chi connectivity index (χ3v) is 3.23. The Morgan fingerprint density at radius 3 is 2.50 bits per heavy atom. The number of thiophene rings is 1. The van der Waals surface area contributed by atoms with Crippen molar-refractivity contribution in [1.82, 2.24) is 0 Å². The molecule has 7 heteroatoms. The molecule has 0 aliphatic rings. The Kier molecular flexibility index (Phi) is 3.47. The predicted octanol–water partition coefficient (Wildman–Crippen LogP) is 2.53. The normalized spacial score (nSPS) is 11.6. The van der Waals surface area contributed by atoms with Gasteiger partial charge in [0.1, 0.15) is 6.54 Å². The monoisotopic (exact) mass is 252 g/mol. The van der Waals surface area contributed by atoms with Crippen LogP contribution in [0.1, 0.15) is 16.6 Å². The molecule has 0 aliphatic carbocycles. The summed E-state index contributed by atoms with van der Waals surface area (Å²) in [5.41, 5.74) is 5.75. The number of nitrogens with two attached hydrogens (primary N) is 1. The second-order valence-corrected chi connectivity index (χ2v) is 4.43. The van der Waals surface area contributed by atoms with Crippen molar-refractivity contribution in [2.75, 3.05) is 24.2 Å². The molecule has 0 fully saturated rings. The molecular formula is C9H11F3N2OS. The molecule has 1 heterocycles. The molecule has 3 nitrogen and oxygen atoms in total. The van der Waals surface area contributed by atoms with Crippen molar-refractivity contribution >= 4 is 27.8 Å². The first kappa shape index (κ1) is 12.8. The largest absolute Gasteiger partial charge is 0.405 e. The maximum atomic E-state index is 12.1. The Bertz CT molecular complexity index is 400. The van der Waals surface area contributed by atoms with Crippen molar-refractivity contribution in [2.24, 2.45) is 0 Å². The van der Waals surface area contributed by atoms with Crippen LogP contribution in [0.2, 0.25) is 0 Å². The van der Waals surface area contributed by atoms with Gasteiger partial charge < -0.3 is 10.6 Å². The first-order valence-corrected chi connectivity index (χ1v) is 5.20. The fourth-order valence-electron chi connectivity index (χ4n) is 1.20. The number of nitrogen functional groups attached to an aromatic ring is 1. The second-order valence-electron chi connectivity index (χ2n) is 3.40. The molecule has 0 unspecified atom stereocenters. The summed E-state index contributed by atoms with van der Waals surface area (Å²) in [7, 11) is 1.31. The van der Waals surface area contributed by atoms with E-state index in [0.717, 1.165) is 16.2 Å². The second kappa shape index (κ2) is 4.32. The third kappa shape index (κ3) is 3.13. The molecule has 1 rings (SSSR count). The number of alkyl halides is 3. The Labute approximate surface area is 94.7 Å². The molecule has 0 amide bonds. The fraction of sp³-hybridized carbons (Fsp3) is 0.444. The Morgan fingerprint density at radius 2 is 2.12 bits per heavy atom. The van der Waals surface area contributed by atoms with E-state index >= 15 is 0 Å². The highest BCUT2D eigenvalue weighted by molar-refractivity contribution is 7.18. The highest BCUT2D eigenvalue weighted by Gasteiger charge is 2.30. The van der Waals surface area contributed by atoms with Crippen LogP contribution < -0.4 is 10.6 Å². The standard InChI is InChI=1S/C9H11F3N2OS/c1-5(15)8-6(13)3-7(16-8)14(2)4-9(10,11)12/h3H,4,13H2,1-2H3. The molecule has 0 radical (unpaired) electrons. The molecule has 0 aliphatic heterocycles. The molecule has 0 aromatic carbocycles. The van der Waals surface area contributed by atoms with Crippen LogP contribution in [0.25, 0.3) is 0 Å². The molecule has 90 valence electrons. The van der Waals surface area contributed by atoms with Crippen LogP contribution in [-0.2, 0) is 0 Å². The van der Waals surface area contributed by atoms with Crippen LogP contribution in [0.15, 0.2) is 6.07 Å². The lowest BCUT2D eigenvalue weighted by Gasteiger charge is -2.18. The van der Waals surface area contributed by atoms with Crippen LogP contribution in [0.5, 0.6) is 0 Å². The number of anilines is 2. The van der Waals surface area contributed by atoms with E-state index in [4.69, 9.17) is 5.73 Å². The van der Waals surface area contributed by atoms with Crippen molar-refractivity contribution in [1.29, 1.82) is 0 Å². The molecule has 0 saturated carbocycles. The predicted molar refractivity (Wildman–Crippen MR) is 58.1 cm³/mol. The fourth-order valence-corrected chi connectivity index (χ4v) is 2.14.